The highest BCUT2D eigenvalue weighted by atomic mass is 16.3. The van der Waals surface area contributed by atoms with Crippen LogP contribution in [0.4, 0.5) is 0 Å². The van der Waals surface area contributed by atoms with Crippen molar-refractivity contribution in [3.8, 4) is 0 Å². The van der Waals surface area contributed by atoms with Gasteiger partial charge in [0.1, 0.15) is 0 Å². The average Bonchev–Trinajstić information content (AvgIpc) is 2.08. The Labute approximate surface area is 92.4 Å². The third kappa shape index (κ3) is 8.39. The Hall–Kier alpha value is -0.610. The van der Waals surface area contributed by atoms with Crippen LogP contribution < -0.4 is 10.6 Å². The molecule has 90 valence electrons. The summed E-state index contributed by atoms with van der Waals surface area (Å²) in [7, 11) is 0. The van der Waals surface area contributed by atoms with Gasteiger partial charge in [0.05, 0.1) is 11.6 Å². The van der Waals surface area contributed by atoms with Gasteiger partial charge in [0, 0.05) is 13.1 Å². The molecule has 1 atom stereocenters. The van der Waals surface area contributed by atoms with Gasteiger partial charge in [-0.15, -0.1) is 0 Å². The van der Waals surface area contributed by atoms with Crippen molar-refractivity contribution in [3.05, 3.63) is 0 Å². The van der Waals surface area contributed by atoms with Crippen LogP contribution in [0.1, 0.15) is 34.6 Å². The summed E-state index contributed by atoms with van der Waals surface area (Å²) < 4.78 is 0. The summed E-state index contributed by atoms with van der Waals surface area (Å²) in [4.78, 5) is 11.5. The highest BCUT2D eigenvalue weighted by Gasteiger charge is 2.17. The molecule has 0 aliphatic rings. The number of aliphatic hydroxyl groups is 1. The van der Waals surface area contributed by atoms with Gasteiger partial charge in [-0.3, -0.25) is 4.79 Å². The zero-order valence-corrected chi connectivity index (χ0v) is 10.4. The van der Waals surface area contributed by atoms with Crippen LogP contribution in [0.5, 0.6) is 0 Å². The fourth-order valence-electron chi connectivity index (χ4n) is 0.953. The van der Waals surface area contributed by atoms with Crippen molar-refractivity contribution in [3.63, 3.8) is 0 Å². The lowest BCUT2D eigenvalue weighted by atomic mass is 10.1. The predicted molar refractivity (Wildman–Crippen MR) is 61.6 cm³/mol. The van der Waals surface area contributed by atoms with Gasteiger partial charge in [-0.1, -0.05) is 13.8 Å². The minimum Gasteiger partial charge on any atom is -0.389 e. The summed E-state index contributed by atoms with van der Waals surface area (Å²) in [5, 5.41) is 15.3. The summed E-state index contributed by atoms with van der Waals surface area (Å²) in [6.07, 6.45) is 0. The Morgan fingerprint density at radius 1 is 1.33 bits per heavy atom. The van der Waals surface area contributed by atoms with Gasteiger partial charge in [-0.25, -0.2) is 0 Å². The third-order valence-electron chi connectivity index (χ3n) is 1.92. The lowest BCUT2D eigenvalue weighted by molar-refractivity contribution is -0.123. The Bertz CT molecular complexity index is 197. The second-order valence-corrected chi connectivity index (χ2v) is 5.05. The highest BCUT2D eigenvalue weighted by Crippen LogP contribution is 1.98. The zero-order chi connectivity index (χ0) is 12.1. The first-order valence-corrected chi connectivity index (χ1v) is 5.46. The quantitative estimate of drug-likeness (QED) is 0.606. The summed E-state index contributed by atoms with van der Waals surface area (Å²) in [6.45, 7) is 10.4. The van der Waals surface area contributed by atoms with E-state index in [0.717, 1.165) is 0 Å². The number of nitrogens with one attached hydrogen (secondary N) is 2. The van der Waals surface area contributed by atoms with Crippen LogP contribution in [0, 0.1) is 5.92 Å². The molecule has 0 saturated heterocycles. The van der Waals surface area contributed by atoms with Crippen molar-refractivity contribution in [1.82, 2.24) is 10.6 Å². The molecular formula is C11H24N2O2. The van der Waals surface area contributed by atoms with Crippen molar-refractivity contribution in [2.45, 2.75) is 46.3 Å². The van der Waals surface area contributed by atoms with E-state index < -0.39 is 5.60 Å². The maximum absolute atomic E-state index is 11.5. The van der Waals surface area contributed by atoms with Crippen LogP contribution in [0.2, 0.25) is 0 Å². The Kier molecular flexibility index (Phi) is 5.83. The maximum Gasteiger partial charge on any atom is 0.236 e. The molecule has 4 nitrogen and oxygen atoms in total. The standard InChI is InChI=1S/C11H24N2O2/c1-8(2)6-12-10(14)9(3)13-7-11(4,5)15/h8-9,13,15H,6-7H2,1-5H3,(H,12,14). The molecule has 0 aromatic carbocycles. The van der Waals surface area contributed by atoms with Crippen molar-refractivity contribution in [2.75, 3.05) is 13.1 Å². The van der Waals surface area contributed by atoms with Gasteiger partial charge < -0.3 is 15.7 Å². The summed E-state index contributed by atoms with van der Waals surface area (Å²) >= 11 is 0. The SMILES string of the molecule is CC(C)CNC(=O)C(C)NCC(C)(C)O. The summed E-state index contributed by atoms with van der Waals surface area (Å²) in [5.74, 6) is 0.434. The molecule has 0 aliphatic carbocycles. The van der Waals surface area contributed by atoms with E-state index in [4.69, 9.17) is 0 Å². The second-order valence-electron chi connectivity index (χ2n) is 5.05. The van der Waals surface area contributed by atoms with Crippen LogP contribution in [-0.4, -0.2) is 35.7 Å². The third-order valence-corrected chi connectivity index (χ3v) is 1.92. The van der Waals surface area contributed by atoms with Crippen molar-refractivity contribution < 1.29 is 9.90 Å². The van der Waals surface area contributed by atoms with E-state index in [1.807, 2.05) is 0 Å². The number of carbonyl (C=O) groups excluding carboxylic acids is 1. The van der Waals surface area contributed by atoms with Crippen LogP contribution in [0.25, 0.3) is 0 Å². The molecule has 0 aromatic rings. The largest absolute Gasteiger partial charge is 0.389 e. The first kappa shape index (κ1) is 14.4. The second kappa shape index (κ2) is 6.08. The molecule has 0 saturated carbocycles. The maximum atomic E-state index is 11.5. The number of hydrogen-bond acceptors (Lipinski definition) is 3. The molecule has 0 heterocycles. The molecule has 1 unspecified atom stereocenters. The van der Waals surface area contributed by atoms with Crippen molar-refractivity contribution in [1.29, 1.82) is 0 Å². The first-order valence-electron chi connectivity index (χ1n) is 5.46. The molecule has 0 bridgehead atoms. The fraction of sp³-hybridized carbons (Fsp3) is 0.909. The molecule has 15 heavy (non-hydrogen) atoms. The molecular weight excluding hydrogens is 192 g/mol. The molecule has 0 fully saturated rings. The fourth-order valence-corrected chi connectivity index (χ4v) is 0.953. The van der Waals surface area contributed by atoms with E-state index in [2.05, 4.69) is 24.5 Å². The molecule has 3 N–H and O–H groups in total. The van der Waals surface area contributed by atoms with Gasteiger partial charge in [0.2, 0.25) is 5.91 Å². The van der Waals surface area contributed by atoms with E-state index in [9.17, 15) is 9.90 Å². The summed E-state index contributed by atoms with van der Waals surface area (Å²) in [5.41, 5.74) is -0.785. The molecule has 0 radical (unpaired) electrons. The monoisotopic (exact) mass is 216 g/mol. The minimum absolute atomic E-state index is 0.0204. The van der Waals surface area contributed by atoms with E-state index >= 15 is 0 Å². The number of rotatable bonds is 6. The Balaban J connectivity index is 3.79. The lowest BCUT2D eigenvalue weighted by Crippen LogP contribution is -2.47. The highest BCUT2D eigenvalue weighted by molar-refractivity contribution is 5.81. The van der Waals surface area contributed by atoms with Crippen LogP contribution in [0.15, 0.2) is 0 Å². The first-order chi connectivity index (χ1) is 6.72. The number of hydrogen-bond donors (Lipinski definition) is 3. The Morgan fingerprint density at radius 3 is 2.27 bits per heavy atom. The van der Waals surface area contributed by atoms with Gasteiger partial charge in [0.25, 0.3) is 0 Å². The number of carbonyl (C=O) groups is 1. The number of amides is 1. The molecule has 0 spiro atoms. The zero-order valence-electron chi connectivity index (χ0n) is 10.4. The molecule has 0 aromatic heterocycles. The van der Waals surface area contributed by atoms with Gasteiger partial charge in [0.15, 0.2) is 0 Å². The van der Waals surface area contributed by atoms with Crippen molar-refractivity contribution in [2.24, 2.45) is 5.92 Å². The van der Waals surface area contributed by atoms with Crippen molar-refractivity contribution >= 4 is 5.91 Å². The van der Waals surface area contributed by atoms with E-state index in [1.165, 1.54) is 0 Å². The van der Waals surface area contributed by atoms with Crippen LogP contribution in [0.3, 0.4) is 0 Å². The normalized spacial score (nSPS) is 14.1. The minimum atomic E-state index is -0.785. The van der Waals surface area contributed by atoms with E-state index in [1.54, 1.807) is 20.8 Å². The molecule has 0 rings (SSSR count). The average molecular weight is 216 g/mol. The summed E-state index contributed by atoms with van der Waals surface area (Å²) in [6, 6.07) is -0.268. The molecule has 4 heteroatoms. The Morgan fingerprint density at radius 2 is 1.87 bits per heavy atom. The smallest absolute Gasteiger partial charge is 0.236 e. The van der Waals surface area contributed by atoms with Gasteiger partial charge >= 0.3 is 0 Å². The molecule has 1 amide bonds. The topological polar surface area (TPSA) is 61.4 Å². The van der Waals surface area contributed by atoms with Gasteiger partial charge in [-0.2, -0.15) is 0 Å². The lowest BCUT2D eigenvalue weighted by Gasteiger charge is -2.21. The van der Waals surface area contributed by atoms with Crippen LogP contribution in [-0.2, 0) is 4.79 Å². The molecule has 0 aliphatic heterocycles. The van der Waals surface area contributed by atoms with Crippen LogP contribution >= 0.6 is 0 Å². The van der Waals surface area contributed by atoms with E-state index in [0.29, 0.717) is 19.0 Å². The van der Waals surface area contributed by atoms with E-state index in [-0.39, 0.29) is 11.9 Å². The predicted octanol–water partition coefficient (Wildman–Crippen LogP) is 0.508. The van der Waals surface area contributed by atoms with Gasteiger partial charge in [-0.05, 0) is 26.7 Å².